The Morgan fingerprint density at radius 3 is 2.24 bits per heavy atom. The van der Waals surface area contributed by atoms with E-state index >= 15 is 0 Å². The summed E-state index contributed by atoms with van der Waals surface area (Å²) in [5.74, 6) is -2.14. The fraction of sp³-hybridized carbons (Fsp3) is 0. The fourth-order valence-electron chi connectivity index (χ4n) is 1.56. The second-order valence-corrected chi connectivity index (χ2v) is 4.92. The lowest BCUT2D eigenvalue weighted by atomic mass is 10.2. The van der Waals surface area contributed by atoms with Crippen molar-refractivity contribution in [3.05, 3.63) is 69.5 Å². The molecule has 0 saturated carbocycles. The van der Waals surface area contributed by atoms with Gasteiger partial charge < -0.3 is 0 Å². The van der Waals surface area contributed by atoms with E-state index in [0.29, 0.717) is 5.02 Å². The maximum absolute atomic E-state index is 13.5. The van der Waals surface area contributed by atoms with Crippen LogP contribution in [0.3, 0.4) is 0 Å². The van der Waals surface area contributed by atoms with E-state index in [9.17, 15) is 14.0 Å². The van der Waals surface area contributed by atoms with E-state index in [1.54, 1.807) is 12.1 Å². The Morgan fingerprint density at radius 1 is 0.905 bits per heavy atom. The first-order chi connectivity index (χ1) is 9.97. The van der Waals surface area contributed by atoms with Crippen LogP contribution < -0.4 is 10.9 Å². The smallest absolute Gasteiger partial charge is 0.267 e. The van der Waals surface area contributed by atoms with Crippen molar-refractivity contribution in [1.29, 1.82) is 0 Å². The fourth-order valence-corrected chi connectivity index (χ4v) is 1.91. The predicted molar refractivity (Wildman–Crippen MR) is 77.8 cm³/mol. The van der Waals surface area contributed by atoms with E-state index < -0.39 is 17.6 Å². The zero-order valence-electron chi connectivity index (χ0n) is 10.5. The normalized spacial score (nSPS) is 10.0. The third-order valence-electron chi connectivity index (χ3n) is 2.55. The van der Waals surface area contributed by atoms with Crippen molar-refractivity contribution in [3.63, 3.8) is 0 Å². The molecule has 2 rings (SSSR count). The first kappa shape index (κ1) is 15.3. The van der Waals surface area contributed by atoms with Crippen molar-refractivity contribution in [2.75, 3.05) is 0 Å². The molecular formula is C14H9Cl2FN2O2. The van der Waals surface area contributed by atoms with E-state index in [0.717, 1.165) is 6.07 Å². The third-order valence-corrected chi connectivity index (χ3v) is 3.02. The highest BCUT2D eigenvalue weighted by atomic mass is 35.5. The molecule has 108 valence electrons. The minimum Gasteiger partial charge on any atom is -0.267 e. The number of hydrogen-bond donors (Lipinski definition) is 2. The van der Waals surface area contributed by atoms with Gasteiger partial charge in [0.05, 0.1) is 5.56 Å². The summed E-state index contributed by atoms with van der Waals surface area (Å²) in [5.41, 5.74) is 4.31. The predicted octanol–water partition coefficient (Wildman–Crippen LogP) is 3.21. The Balaban J connectivity index is 2.02. The summed E-state index contributed by atoms with van der Waals surface area (Å²) in [6.07, 6.45) is 0. The van der Waals surface area contributed by atoms with Crippen molar-refractivity contribution in [2.24, 2.45) is 0 Å². The van der Waals surface area contributed by atoms with E-state index in [2.05, 4.69) is 10.9 Å². The SMILES string of the molecule is O=C(NNC(=O)c1ccc(Cl)cc1F)c1cccc(Cl)c1. The van der Waals surface area contributed by atoms with Crippen LogP contribution in [0.1, 0.15) is 20.7 Å². The number of hydrazine groups is 1. The number of carbonyl (C=O) groups is 2. The molecule has 0 unspecified atom stereocenters. The van der Waals surface area contributed by atoms with Crippen LogP contribution in [0, 0.1) is 5.82 Å². The molecule has 0 aliphatic carbocycles. The van der Waals surface area contributed by atoms with Crippen LogP contribution in [-0.2, 0) is 0 Å². The highest BCUT2D eigenvalue weighted by Crippen LogP contribution is 2.14. The third kappa shape index (κ3) is 3.93. The van der Waals surface area contributed by atoms with Gasteiger partial charge >= 0.3 is 0 Å². The summed E-state index contributed by atoms with van der Waals surface area (Å²) < 4.78 is 13.5. The van der Waals surface area contributed by atoms with Crippen molar-refractivity contribution < 1.29 is 14.0 Å². The lowest BCUT2D eigenvalue weighted by Gasteiger charge is -2.08. The Bertz CT molecular complexity index is 707. The van der Waals surface area contributed by atoms with E-state index in [4.69, 9.17) is 23.2 Å². The van der Waals surface area contributed by atoms with Gasteiger partial charge in [-0.1, -0.05) is 29.3 Å². The minimum absolute atomic E-state index is 0.173. The maximum atomic E-state index is 13.5. The second-order valence-electron chi connectivity index (χ2n) is 4.04. The summed E-state index contributed by atoms with van der Waals surface area (Å²) in [6, 6.07) is 9.77. The molecule has 21 heavy (non-hydrogen) atoms. The minimum atomic E-state index is -0.792. The van der Waals surface area contributed by atoms with Gasteiger partial charge in [0.2, 0.25) is 0 Å². The lowest BCUT2D eigenvalue weighted by molar-refractivity contribution is 0.0844. The van der Waals surface area contributed by atoms with Crippen molar-refractivity contribution >= 4 is 35.0 Å². The molecule has 2 amide bonds. The Kier molecular flexibility index (Phi) is 4.77. The van der Waals surface area contributed by atoms with Gasteiger partial charge in [-0.2, -0.15) is 0 Å². The summed E-state index contributed by atoms with van der Waals surface area (Å²) in [6.45, 7) is 0. The Morgan fingerprint density at radius 2 is 1.57 bits per heavy atom. The quantitative estimate of drug-likeness (QED) is 0.832. The van der Waals surface area contributed by atoms with Gasteiger partial charge in [0.1, 0.15) is 5.82 Å². The standard InChI is InChI=1S/C14H9Cl2FN2O2/c15-9-3-1-2-8(6-9)13(20)18-19-14(21)11-5-4-10(16)7-12(11)17/h1-7H,(H,18,20)(H,19,21). The van der Waals surface area contributed by atoms with Crippen LogP contribution in [0.5, 0.6) is 0 Å². The van der Waals surface area contributed by atoms with Gasteiger partial charge in [0.15, 0.2) is 0 Å². The molecule has 0 heterocycles. The van der Waals surface area contributed by atoms with Crippen LogP contribution >= 0.6 is 23.2 Å². The highest BCUT2D eigenvalue weighted by Gasteiger charge is 2.13. The van der Waals surface area contributed by atoms with Crippen molar-refractivity contribution in [2.45, 2.75) is 0 Å². The Hall–Kier alpha value is -2.11. The molecule has 4 nitrogen and oxygen atoms in total. The molecule has 2 aromatic carbocycles. The van der Waals surface area contributed by atoms with Gasteiger partial charge in [0, 0.05) is 15.6 Å². The average Bonchev–Trinajstić information content (AvgIpc) is 2.44. The monoisotopic (exact) mass is 326 g/mol. The molecule has 0 aromatic heterocycles. The van der Waals surface area contributed by atoms with Crippen LogP contribution in [0.4, 0.5) is 4.39 Å². The van der Waals surface area contributed by atoms with Crippen LogP contribution in [0.2, 0.25) is 10.0 Å². The van der Waals surface area contributed by atoms with Crippen LogP contribution in [0.25, 0.3) is 0 Å². The maximum Gasteiger partial charge on any atom is 0.272 e. The molecule has 2 N–H and O–H groups in total. The van der Waals surface area contributed by atoms with Gasteiger partial charge in [-0.05, 0) is 36.4 Å². The molecular weight excluding hydrogens is 318 g/mol. The summed E-state index contributed by atoms with van der Waals surface area (Å²) in [5, 5.41) is 0.560. The summed E-state index contributed by atoms with van der Waals surface area (Å²) in [4.78, 5) is 23.5. The first-order valence-corrected chi connectivity index (χ1v) is 6.54. The van der Waals surface area contributed by atoms with E-state index in [-0.39, 0.29) is 16.1 Å². The molecule has 2 aromatic rings. The summed E-state index contributed by atoms with van der Waals surface area (Å²) >= 11 is 11.3. The second kappa shape index (κ2) is 6.56. The molecule has 0 aliphatic heterocycles. The zero-order chi connectivity index (χ0) is 15.4. The van der Waals surface area contributed by atoms with Gasteiger partial charge in [-0.25, -0.2) is 4.39 Å². The molecule has 0 radical (unpaired) electrons. The van der Waals surface area contributed by atoms with Crippen molar-refractivity contribution in [1.82, 2.24) is 10.9 Å². The number of nitrogens with one attached hydrogen (secondary N) is 2. The lowest BCUT2D eigenvalue weighted by Crippen LogP contribution is -2.41. The topological polar surface area (TPSA) is 58.2 Å². The van der Waals surface area contributed by atoms with Crippen molar-refractivity contribution in [3.8, 4) is 0 Å². The van der Waals surface area contributed by atoms with Crippen LogP contribution in [0.15, 0.2) is 42.5 Å². The molecule has 0 bridgehead atoms. The molecule has 0 fully saturated rings. The number of halogens is 3. The van der Waals surface area contributed by atoms with E-state index in [1.165, 1.54) is 24.3 Å². The van der Waals surface area contributed by atoms with Gasteiger partial charge in [-0.15, -0.1) is 0 Å². The first-order valence-electron chi connectivity index (χ1n) is 5.78. The molecule has 7 heteroatoms. The number of rotatable bonds is 2. The molecule has 0 saturated heterocycles. The van der Waals surface area contributed by atoms with E-state index in [1.807, 2.05) is 0 Å². The van der Waals surface area contributed by atoms with Gasteiger partial charge in [0.25, 0.3) is 11.8 Å². The average molecular weight is 327 g/mol. The van der Waals surface area contributed by atoms with Gasteiger partial charge in [-0.3, -0.25) is 20.4 Å². The Labute approximate surface area is 129 Å². The largest absolute Gasteiger partial charge is 0.272 e. The number of benzene rings is 2. The molecule has 0 spiro atoms. The molecule has 0 atom stereocenters. The number of carbonyl (C=O) groups excluding carboxylic acids is 2. The highest BCUT2D eigenvalue weighted by molar-refractivity contribution is 6.31. The summed E-state index contributed by atoms with van der Waals surface area (Å²) in [7, 11) is 0. The molecule has 0 aliphatic rings. The number of amides is 2. The van der Waals surface area contributed by atoms with Crippen LogP contribution in [-0.4, -0.2) is 11.8 Å². The number of hydrogen-bond acceptors (Lipinski definition) is 2. The zero-order valence-corrected chi connectivity index (χ0v) is 12.0.